The summed E-state index contributed by atoms with van der Waals surface area (Å²) in [5.74, 6) is 0.693. The zero-order valence-corrected chi connectivity index (χ0v) is 19.6. The molecule has 0 aliphatic carbocycles. The van der Waals surface area contributed by atoms with Gasteiger partial charge in [0.15, 0.2) is 5.13 Å². The van der Waals surface area contributed by atoms with Gasteiger partial charge in [0.2, 0.25) is 0 Å². The number of hydrogen-bond acceptors (Lipinski definition) is 5. The lowest BCUT2D eigenvalue weighted by Gasteiger charge is -2.35. The molecule has 1 saturated heterocycles. The topological polar surface area (TPSA) is 45.7 Å². The molecule has 0 radical (unpaired) electrons. The lowest BCUT2D eigenvalue weighted by atomic mass is 10.0. The third kappa shape index (κ3) is 3.88. The van der Waals surface area contributed by atoms with E-state index in [4.69, 9.17) is 9.72 Å². The Balaban J connectivity index is 1.38. The number of thiazole rings is 1. The van der Waals surface area contributed by atoms with Crippen molar-refractivity contribution in [1.29, 1.82) is 0 Å². The fourth-order valence-corrected chi connectivity index (χ4v) is 5.60. The van der Waals surface area contributed by atoms with E-state index in [2.05, 4.69) is 26.9 Å². The molecule has 1 aliphatic rings. The van der Waals surface area contributed by atoms with Gasteiger partial charge in [0.05, 0.1) is 22.4 Å². The molecular weight excluding hydrogens is 474 g/mol. The van der Waals surface area contributed by atoms with Gasteiger partial charge in [0.1, 0.15) is 5.75 Å². The second kappa shape index (κ2) is 8.48. The number of piperazine rings is 1. The number of carbonyl (C=O) groups excluding carboxylic acids is 1. The Morgan fingerprint density at radius 3 is 2.71 bits per heavy atom. The molecule has 3 aromatic carbocycles. The molecular formula is C24H22BrN3O2S. The predicted octanol–water partition coefficient (Wildman–Crippen LogP) is 5.57. The first-order valence-corrected chi connectivity index (χ1v) is 12.0. The lowest BCUT2D eigenvalue weighted by Crippen LogP contribution is -2.48. The Kier molecular flexibility index (Phi) is 5.54. The number of halogens is 1. The van der Waals surface area contributed by atoms with Gasteiger partial charge in [0, 0.05) is 30.7 Å². The molecule has 1 fully saturated rings. The predicted molar refractivity (Wildman–Crippen MR) is 131 cm³/mol. The van der Waals surface area contributed by atoms with Crippen molar-refractivity contribution < 1.29 is 9.53 Å². The van der Waals surface area contributed by atoms with Crippen LogP contribution in [0.1, 0.15) is 17.3 Å². The average Bonchev–Trinajstić information content (AvgIpc) is 3.22. The molecule has 0 spiro atoms. The normalized spacial score (nSPS) is 14.4. The number of ether oxygens (including phenoxy) is 1. The second-order valence-electron chi connectivity index (χ2n) is 7.48. The smallest absolute Gasteiger partial charge is 0.258 e. The molecule has 1 amide bonds. The average molecular weight is 496 g/mol. The highest BCUT2D eigenvalue weighted by molar-refractivity contribution is 9.10. The van der Waals surface area contributed by atoms with E-state index in [1.165, 1.54) is 4.70 Å². The quantitative estimate of drug-likeness (QED) is 0.371. The SMILES string of the molecule is CCOc1ccc2ccccc2c1C(=O)N1CCN(c2nc3ccc(Br)cc3s2)CC1. The first-order valence-electron chi connectivity index (χ1n) is 10.4. The maximum Gasteiger partial charge on any atom is 0.258 e. The van der Waals surface area contributed by atoms with Crippen molar-refractivity contribution in [3.63, 3.8) is 0 Å². The number of hydrogen-bond donors (Lipinski definition) is 0. The fraction of sp³-hybridized carbons (Fsp3) is 0.250. The van der Waals surface area contributed by atoms with Crippen LogP contribution in [0, 0.1) is 0 Å². The van der Waals surface area contributed by atoms with Crippen LogP contribution >= 0.6 is 27.3 Å². The number of nitrogens with zero attached hydrogens (tertiary/aromatic N) is 3. The summed E-state index contributed by atoms with van der Waals surface area (Å²) in [5.41, 5.74) is 1.68. The summed E-state index contributed by atoms with van der Waals surface area (Å²) in [7, 11) is 0. The Morgan fingerprint density at radius 2 is 1.90 bits per heavy atom. The van der Waals surface area contributed by atoms with E-state index in [1.807, 2.05) is 60.4 Å². The third-order valence-electron chi connectivity index (χ3n) is 5.58. The second-order valence-corrected chi connectivity index (χ2v) is 9.41. The van der Waals surface area contributed by atoms with Gasteiger partial charge >= 0.3 is 0 Å². The van der Waals surface area contributed by atoms with Gasteiger partial charge in [-0.05, 0) is 42.0 Å². The van der Waals surface area contributed by atoms with E-state index < -0.39 is 0 Å². The molecule has 1 aliphatic heterocycles. The first kappa shape index (κ1) is 20.3. The number of benzene rings is 3. The summed E-state index contributed by atoms with van der Waals surface area (Å²) in [6, 6.07) is 18.1. The van der Waals surface area contributed by atoms with E-state index in [1.54, 1.807) is 11.3 Å². The monoisotopic (exact) mass is 495 g/mol. The highest BCUT2D eigenvalue weighted by Crippen LogP contribution is 2.33. The molecule has 0 unspecified atom stereocenters. The molecule has 5 nitrogen and oxygen atoms in total. The van der Waals surface area contributed by atoms with Crippen LogP contribution in [0.2, 0.25) is 0 Å². The number of fused-ring (bicyclic) bond motifs is 2. The summed E-state index contributed by atoms with van der Waals surface area (Å²) < 4.78 is 8.05. The molecule has 2 heterocycles. The van der Waals surface area contributed by atoms with Crippen molar-refractivity contribution in [3.05, 3.63) is 64.6 Å². The third-order valence-corrected chi connectivity index (χ3v) is 7.15. The highest BCUT2D eigenvalue weighted by atomic mass is 79.9. The minimum absolute atomic E-state index is 0.0353. The minimum atomic E-state index is 0.0353. The zero-order valence-electron chi connectivity index (χ0n) is 17.2. The van der Waals surface area contributed by atoms with Crippen LogP contribution in [0.5, 0.6) is 5.75 Å². The molecule has 7 heteroatoms. The van der Waals surface area contributed by atoms with Crippen LogP contribution in [0.25, 0.3) is 21.0 Å². The van der Waals surface area contributed by atoms with Crippen molar-refractivity contribution in [1.82, 2.24) is 9.88 Å². The number of carbonyl (C=O) groups is 1. The summed E-state index contributed by atoms with van der Waals surface area (Å²) in [6.45, 7) is 5.32. The van der Waals surface area contributed by atoms with E-state index in [-0.39, 0.29) is 5.91 Å². The van der Waals surface area contributed by atoms with Gasteiger partial charge in [-0.2, -0.15) is 0 Å². The van der Waals surface area contributed by atoms with Crippen molar-refractivity contribution >= 4 is 59.3 Å². The summed E-state index contributed by atoms with van der Waals surface area (Å²) in [5, 5.41) is 3.01. The number of rotatable bonds is 4. The molecule has 1 aromatic heterocycles. The standard InChI is InChI=1S/C24H22BrN3O2S/c1-2-30-20-10-7-16-5-3-4-6-18(16)22(20)23(29)27-11-13-28(14-12-27)24-26-19-9-8-17(25)15-21(19)31-24/h3-10,15H,2,11-14H2,1H3. The molecule has 5 rings (SSSR count). The number of amides is 1. The Morgan fingerprint density at radius 1 is 1.10 bits per heavy atom. The number of anilines is 1. The van der Waals surface area contributed by atoms with E-state index in [0.717, 1.165) is 39.0 Å². The molecule has 0 saturated carbocycles. The number of aromatic nitrogens is 1. The van der Waals surface area contributed by atoms with Gasteiger partial charge in [-0.25, -0.2) is 4.98 Å². The fourth-order valence-electron chi connectivity index (χ4n) is 4.03. The maximum absolute atomic E-state index is 13.5. The van der Waals surface area contributed by atoms with Gasteiger partial charge in [-0.3, -0.25) is 4.79 Å². The molecule has 0 N–H and O–H groups in total. The van der Waals surface area contributed by atoms with Crippen LogP contribution in [0.15, 0.2) is 59.1 Å². The molecule has 4 aromatic rings. The molecule has 158 valence electrons. The minimum Gasteiger partial charge on any atom is -0.493 e. The summed E-state index contributed by atoms with van der Waals surface area (Å²) in [6.07, 6.45) is 0. The van der Waals surface area contributed by atoms with Gasteiger partial charge in [-0.1, -0.05) is 57.6 Å². The van der Waals surface area contributed by atoms with Crippen LogP contribution in [-0.4, -0.2) is 48.6 Å². The van der Waals surface area contributed by atoms with E-state index in [0.29, 0.717) is 31.0 Å². The van der Waals surface area contributed by atoms with Gasteiger partial charge in [-0.15, -0.1) is 0 Å². The van der Waals surface area contributed by atoms with Crippen molar-refractivity contribution in [2.75, 3.05) is 37.7 Å². The molecule has 0 atom stereocenters. The largest absolute Gasteiger partial charge is 0.493 e. The summed E-state index contributed by atoms with van der Waals surface area (Å²) >= 11 is 5.22. The van der Waals surface area contributed by atoms with Gasteiger partial charge < -0.3 is 14.5 Å². The van der Waals surface area contributed by atoms with E-state index >= 15 is 0 Å². The Labute approximate surface area is 193 Å². The molecule has 0 bridgehead atoms. The van der Waals surface area contributed by atoms with Crippen LogP contribution in [-0.2, 0) is 0 Å². The lowest BCUT2D eigenvalue weighted by molar-refractivity contribution is 0.0744. The van der Waals surface area contributed by atoms with Crippen LogP contribution in [0.4, 0.5) is 5.13 Å². The summed E-state index contributed by atoms with van der Waals surface area (Å²) in [4.78, 5) is 22.5. The Hall–Kier alpha value is -2.64. The molecule has 31 heavy (non-hydrogen) atoms. The van der Waals surface area contributed by atoms with Gasteiger partial charge in [0.25, 0.3) is 5.91 Å². The van der Waals surface area contributed by atoms with Crippen molar-refractivity contribution in [2.45, 2.75) is 6.92 Å². The van der Waals surface area contributed by atoms with E-state index in [9.17, 15) is 4.79 Å². The maximum atomic E-state index is 13.5. The Bertz CT molecular complexity index is 1260. The zero-order chi connectivity index (χ0) is 21.4. The van der Waals surface area contributed by atoms with Crippen molar-refractivity contribution in [2.24, 2.45) is 0 Å². The first-order chi connectivity index (χ1) is 15.1. The van der Waals surface area contributed by atoms with Crippen LogP contribution < -0.4 is 9.64 Å². The highest BCUT2D eigenvalue weighted by Gasteiger charge is 2.27. The van der Waals surface area contributed by atoms with Crippen LogP contribution in [0.3, 0.4) is 0 Å². The van der Waals surface area contributed by atoms with Crippen molar-refractivity contribution in [3.8, 4) is 5.75 Å².